The van der Waals surface area contributed by atoms with E-state index in [4.69, 9.17) is 0 Å². The molecule has 0 fully saturated rings. The molecular weight excluding hydrogens is 296 g/mol. The topological polar surface area (TPSA) is 88.4 Å². The Bertz CT molecular complexity index is 755. The van der Waals surface area contributed by atoms with Crippen LogP contribution < -0.4 is 10.7 Å². The number of carboxylic acid groups (broad SMARTS) is 1. The van der Waals surface area contributed by atoms with E-state index < -0.39 is 17.9 Å². The first-order chi connectivity index (χ1) is 10.9. The summed E-state index contributed by atoms with van der Waals surface area (Å²) in [4.78, 5) is 35.0. The number of carboxylic acids is 1. The largest absolute Gasteiger partial charge is 0.479 e. The summed E-state index contributed by atoms with van der Waals surface area (Å²) in [5.74, 6) is -1.56. The van der Waals surface area contributed by atoms with E-state index in [9.17, 15) is 19.5 Å². The standard InChI is InChI=1S/C17H18N2O4/c1-11-8-14(20)9-12(2)19(11)10-15(21)18-16(17(22)23)13-6-4-3-5-7-13/h3-9,16H,10H2,1-2H3,(H,18,21)(H,22,23)/t16-/m0/s1. The van der Waals surface area contributed by atoms with Crippen LogP contribution in [0.3, 0.4) is 0 Å². The van der Waals surface area contributed by atoms with Crippen molar-refractivity contribution in [2.24, 2.45) is 0 Å². The summed E-state index contributed by atoms with van der Waals surface area (Å²) >= 11 is 0. The van der Waals surface area contributed by atoms with Gasteiger partial charge in [0.05, 0.1) is 0 Å². The molecule has 1 atom stereocenters. The lowest BCUT2D eigenvalue weighted by atomic mass is 10.1. The summed E-state index contributed by atoms with van der Waals surface area (Å²) < 4.78 is 1.67. The molecule has 6 heteroatoms. The molecule has 1 amide bonds. The summed E-state index contributed by atoms with van der Waals surface area (Å²) in [6.45, 7) is 3.41. The number of rotatable bonds is 5. The number of carbonyl (C=O) groups is 2. The molecule has 0 unspecified atom stereocenters. The third kappa shape index (κ3) is 4.06. The Balaban J connectivity index is 2.18. The zero-order chi connectivity index (χ0) is 17.0. The van der Waals surface area contributed by atoms with Gasteiger partial charge in [0.2, 0.25) is 5.91 Å². The van der Waals surface area contributed by atoms with Crippen LogP contribution in [0.15, 0.2) is 47.3 Å². The molecule has 0 bridgehead atoms. The maximum Gasteiger partial charge on any atom is 0.330 e. The van der Waals surface area contributed by atoms with Crippen molar-refractivity contribution in [3.63, 3.8) is 0 Å². The maximum absolute atomic E-state index is 12.2. The van der Waals surface area contributed by atoms with Crippen LogP contribution in [-0.2, 0) is 16.1 Å². The molecule has 0 spiro atoms. The molecule has 0 aliphatic rings. The van der Waals surface area contributed by atoms with Crippen LogP contribution in [-0.4, -0.2) is 21.6 Å². The minimum atomic E-state index is -1.13. The molecule has 1 aromatic carbocycles. The number of amides is 1. The molecule has 6 nitrogen and oxygen atoms in total. The molecule has 1 aromatic heterocycles. The SMILES string of the molecule is Cc1cc(=O)cc(C)n1CC(=O)N[C@H](C(=O)O)c1ccccc1. The number of benzene rings is 1. The molecule has 1 heterocycles. The highest BCUT2D eigenvalue weighted by atomic mass is 16.4. The van der Waals surface area contributed by atoms with E-state index in [-0.39, 0.29) is 12.0 Å². The Morgan fingerprint density at radius 1 is 1.13 bits per heavy atom. The normalized spacial score (nSPS) is 11.7. The Labute approximate surface area is 133 Å². The highest BCUT2D eigenvalue weighted by molar-refractivity contribution is 5.84. The summed E-state index contributed by atoms with van der Waals surface area (Å²) in [6, 6.07) is 10.3. The molecule has 0 saturated heterocycles. The summed E-state index contributed by atoms with van der Waals surface area (Å²) in [6.07, 6.45) is 0. The third-order valence-electron chi connectivity index (χ3n) is 3.54. The average Bonchev–Trinajstić information content (AvgIpc) is 2.49. The van der Waals surface area contributed by atoms with Gasteiger partial charge in [-0.2, -0.15) is 0 Å². The number of nitrogens with zero attached hydrogens (tertiary/aromatic N) is 1. The van der Waals surface area contributed by atoms with E-state index in [1.54, 1.807) is 48.7 Å². The quantitative estimate of drug-likeness (QED) is 0.873. The molecular formula is C17H18N2O4. The molecule has 23 heavy (non-hydrogen) atoms. The number of nitrogens with one attached hydrogen (secondary N) is 1. The van der Waals surface area contributed by atoms with Crippen molar-refractivity contribution in [3.05, 3.63) is 69.6 Å². The van der Waals surface area contributed by atoms with E-state index in [2.05, 4.69) is 5.32 Å². The zero-order valence-corrected chi connectivity index (χ0v) is 12.9. The minimum Gasteiger partial charge on any atom is -0.479 e. The number of aromatic nitrogens is 1. The molecule has 120 valence electrons. The maximum atomic E-state index is 12.2. The first-order valence-corrected chi connectivity index (χ1v) is 7.13. The van der Waals surface area contributed by atoms with E-state index >= 15 is 0 Å². The van der Waals surface area contributed by atoms with Crippen molar-refractivity contribution in [2.75, 3.05) is 0 Å². The van der Waals surface area contributed by atoms with Crippen LogP contribution in [0.4, 0.5) is 0 Å². The predicted octanol–water partition coefficient (Wildman–Crippen LogP) is 1.41. The summed E-state index contributed by atoms with van der Waals surface area (Å²) in [5.41, 5.74) is 1.68. The zero-order valence-electron chi connectivity index (χ0n) is 12.9. The van der Waals surface area contributed by atoms with Crippen LogP contribution in [0.2, 0.25) is 0 Å². The lowest BCUT2D eigenvalue weighted by Crippen LogP contribution is -2.36. The van der Waals surface area contributed by atoms with Crippen LogP contribution in [0, 0.1) is 13.8 Å². The number of hydrogen-bond donors (Lipinski definition) is 2. The van der Waals surface area contributed by atoms with Crippen molar-refractivity contribution < 1.29 is 14.7 Å². The van der Waals surface area contributed by atoms with Crippen LogP contribution in [0.5, 0.6) is 0 Å². The molecule has 0 saturated carbocycles. The fourth-order valence-electron chi connectivity index (χ4n) is 2.42. The van der Waals surface area contributed by atoms with Gasteiger partial charge < -0.3 is 15.0 Å². The number of hydrogen-bond acceptors (Lipinski definition) is 3. The van der Waals surface area contributed by atoms with Crippen molar-refractivity contribution in [2.45, 2.75) is 26.4 Å². The Hall–Kier alpha value is -2.89. The van der Waals surface area contributed by atoms with Gasteiger partial charge in [0.1, 0.15) is 6.54 Å². The molecule has 2 aromatic rings. The van der Waals surface area contributed by atoms with E-state index in [0.717, 1.165) is 0 Å². The summed E-state index contributed by atoms with van der Waals surface area (Å²) in [5, 5.41) is 11.8. The van der Waals surface area contributed by atoms with E-state index in [1.807, 2.05) is 0 Å². The Morgan fingerprint density at radius 3 is 2.22 bits per heavy atom. The van der Waals surface area contributed by atoms with Crippen molar-refractivity contribution in [3.8, 4) is 0 Å². The van der Waals surface area contributed by atoms with E-state index in [1.165, 1.54) is 12.1 Å². The van der Waals surface area contributed by atoms with Gasteiger partial charge >= 0.3 is 5.97 Å². The van der Waals surface area contributed by atoms with Gasteiger partial charge in [-0.1, -0.05) is 30.3 Å². The summed E-state index contributed by atoms with van der Waals surface area (Å²) in [7, 11) is 0. The number of aryl methyl sites for hydroxylation is 2. The monoisotopic (exact) mass is 314 g/mol. The molecule has 0 radical (unpaired) electrons. The first-order valence-electron chi connectivity index (χ1n) is 7.13. The van der Waals surface area contributed by atoms with Gasteiger partial charge in [-0.25, -0.2) is 4.79 Å². The minimum absolute atomic E-state index is 0.0471. The van der Waals surface area contributed by atoms with Crippen molar-refractivity contribution >= 4 is 11.9 Å². The highest BCUT2D eigenvalue weighted by Gasteiger charge is 2.22. The number of aliphatic carboxylic acids is 1. The Morgan fingerprint density at radius 2 is 1.70 bits per heavy atom. The van der Waals surface area contributed by atoms with Gasteiger partial charge in [-0.05, 0) is 19.4 Å². The van der Waals surface area contributed by atoms with Crippen molar-refractivity contribution in [1.29, 1.82) is 0 Å². The molecule has 0 aliphatic carbocycles. The molecule has 2 rings (SSSR count). The van der Waals surface area contributed by atoms with Crippen LogP contribution >= 0.6 is 0 Å². The van der Waals surface area contributed by atoms with Gasteiger partial charge in [-0.3, -0.25) is 9.59 Å². The van der Waals surface area contributed by atoms with E-state index in [0.29, 0.717) is 17.0 Å². The smallest absolute Gasteiger partial charge is 0.330 e. The predicted molar refractivity (Wildman–Crippen MR) is 85.1 cm³/mol. The second kappa shape index (κ2) is 6.91. The Kier molecular flexibility index (Phi) is 4.95. The molecule has 2 N–H and O–H groups in total. The second-order valence-electron chi connectivity index (χ2n) is 5.31. The van der Waals surface area contributed by atoms with Gasteiger partial charge in [0.15, 0.2) is 11.5 Å². The fraction of sp³-hybridized carbons (Fsp3) is 0.235. The number of pyridine rings is 1. The fourth-order valence-corrected chi connectivity index (χ4v) is 2.42. The van der Waals surface area contributed by atoms with Gasteiger partial charge in [0.25, 0.3) is 0 Å². The van der Waals surface area contributed by atoms with Crippen LogP contribution in [0.1, 0.15) is 23.0 Å². The third-order valence-corrected chi connectivity index (χ3v) is 3.54. The van der Waals surface area contributed by atoms with Gasteiger partial charge in [-0.15, -0.1) is 0 Å². The van der Waals surface area contributed by atoms with Gasteiger partial charge in [0, 0.05) is 23.5 Å². The number of carbonyl (C=O) groups excluding carboxylic acids is 1. The van der Waals surface area contributed by atoms with Crippen LogP contribution in [0.25, 0.3) is 0 Å². The highest BCUT2D eigenvalue weighted by Crippen LogP contribution is 2.13. The first kappa shape index (κ1) is 16.5. The lowest BCUT2D eigenvalue weighted by Gasteiger charge is -2.18. The molecule has 0 aliphatic heterocycles. The van der Waals surface area contributed by atoms with Crippen molar-refractivity contribution in [1.82, 2.24) is 9.88 Å². The average molecular weight is 314 g/mol. The second-order valence-corrected chi connectivity index (χ2v) is 5.31. The lowest BCUT2D eigenvalue weighted by molar-refractivity contribution is -0.142.